The van der Waals surface area contributed by atoms with Crippen LogP contribution in [0.2, 0.25) is 0 Å². The molecule has 0 saturated carbocycles. The smallest absolute Gasteiger partial charge is 0.295 e. The van der Waals surface area contributed by atoms with Crippen LogP contribution in [0.15, 0.2) is 59.4 Å². The van der Waals surface area contributed by atoms with Gasteiger partial charge in [-0.25, -0.2) is 4.68 Å². The van der Waals surface area contributed by atoms with Crippen LogP contribution in [0, 0.1) is 6.92 Å². The summed E-state index contributed by atoms with van der Waals surface area (Å²) < 4.78 is 3.33. The van der Waals surface area contributed by atoms with E-state index >= 15 is 0 Å². The lowest BCUT2D eigenvalue weighted by molar-refractivity contribution is -0.115. The number of aryl methyl sites for hydroxylation is 1. The predicted octanol–water partition coefficient (Wildman–Crippen LogP) is 4.31. The molecule has 0 radical (unpaired) electrons. The normalized spacial score (nSPS) is 10.9. The molecule has 0 spiro atoms. The van der Waals surface area contributed by atoms with Gasteiger partial charge in [-0.2, -0.15) is 11.8 Å². The highest BCUT2D eigenvalue weighted by molar-refractivity contribution is 7.98. The fourth-order valence-electron chi connectivity index (χ4n) is 3.14. The number of hydrogen-bond donors (Lipinski definition) is 1. The van der Waals surface area contributed by atoms with Gasteiger partial charge in [0.2, 0.25) is 5.91 Å². The van der Waals surface area contributed by atoms with E-state index in [4.69, 9.17) is 0 Å². The molecule has 152 valence electrons. The number of anilines is 1. The number of carbonyl (C=O) groups is 1. The minimum absolute atomic E-state index is 0.134. The van der Waals surface area contributed by atoms with Crippen LogP contribution in [-0.4, -0.2) is 21.0 Å². The van der Waals surface area contributed by atoms with Crippen LogP contribution in [0.1, 0.15) is 30.2 Å². The Morgan fingerprint density at radius 1 is 1.03 bits per heavy atom. The summed E-state index contributed by atoms with van der Waals surface area (Å²) in [6.07, 6.45) is 1.41. The fourth-order valence-corrected chi connectivity index (χ4v) is 4.04. The van der Waals surface area contributed by atoms with Crippen molar-refractivity contribution in [2.45, 2.75) is 32.4 Å². The Hall–Kier alpha value is -2.73. The molecular weight excluding hydrogens is 382 g/mol. The molecule has 1 heterocycles. The SMILES string of the molecule is CCc1ccc(CSCCC(=O)Nc2c(C)n(C)n(-c3ccccc3)c2=O)cc1. The van der Waals surface area contributed by atoms with E-state index in [9.17, 15) is 9.59 Å². The summed E-state index contributed by atoms with van der Waals surface area (Å²) in [7, 11) is 1.82. The van der Waals surface area contributed by atoms with Crippen molar-refractivity contribution in [2.75, 3.05) is 11.1 Å². The molecule has 1 aromatic heterocycles. The van der Waals surface area contributed by atoms with E-state index < -0.39 is 0 Å². The molecule has 3 aromatic rings. The van der Waals surface area contributed by atoms with Crippen molar-refractivity contribution in [3.05, 3.63) is 81.8 Å². The molecule has 0 aliphatic carbocycles. The maximum absolute atomic E-state index is 12.8. The summed E-state index contributed by atoms with van der Waals surface area (Å²) in [6.45, 7) is 3.98. The molecule has 0 atom stereocenters. The fraction of sp³-hybridized carbons (Fsp3) is 0.304. The predicted molar refractivity (Wildman–Crippen MR) is 121 cm³/mol. The first-order valence-electron chi connectivity index (χ1n) is 9.80. The molecule has 6 heteroatoms. The van der Waals surface area contributed by atoms with Gasteiger partial charge in [-0.1, -0.05) is 49.4 Å². The Kier molecular flexibility index (Phi) is 6.99. The standard InChI is InChI=1S/C23H27N3O2S/c1-4-18-10-12-19(13-11-18)16-29-15-14-21(27)24-22-17(2)25(3)26(23(22)28)20-8-6-5-7-9-20/h5-13H,4,14-16H2,1-3H3,(H,24,27). The molecule has 0 saturated heterocycles. The molecule has 3 rings (SSSR count). The van der Waals surface area contributed by atoms with E-state index in [-0.39, 0.29) is 11.5 Å². The summed E-state index contributed by atoms with van der Waals surface area (Å²) in [6, 6.07) is 18.0. The minimum Gasteiger partial charge on any atom is -0.320 e. The van der Waals surface area contributed by atoms with Gasteiger partial charge in [0.25, 0.3) is 5.56 Å². The van der Waals surface area contributed by atoms with Gasteiger partial charge in [0.1, 0.15) is 5.69 Å². The largest absolute Gasteiger partial charge is 0.320 e. The number of rotatable bonds is 8. The number of nitrogens with one attached hydrogen (secondary N) is 1. The molecule has 0 aliphatic heterocycles. The molecule has 0 unspecified atom stereocenters. The zero-order valence-corrected chi connectivity index (χ0v) is 18.0. The van der Waals surface area contributed by atoms with Gasteiger partial charge in [0, 0.05) is 25.0 Å². The van der Waals surface area contributed by atoms with Crippen LogP contribution in [0.5, 0.6) is 0 Å². The quantitative estimate of drug-likeness (QED) is 0.564. The maximum Gasteiger partial charge on any atom is 0.295 e. The highest BCUT2D eigenvalue weighted by Gasteiger charge is 2.17. The van der Waals surface area contributed by atoms with Crippen molar-refractivity contribution in [3.63, 3.8) is 0 Å². The number of hydrogen-bond acceptors (Lipinski definition) is 3. The summed E-state index contributed by atoms with van der Waals surface area (Å²) in [5.74, 6) is 1.45. The topological polar surface area (TPSA) is 56.0 Å². The number of nitrogens with zero attached hydrogens (tertiary/aromatic N) is 2. The molecule has 5 nitrogen and oxygen atoms in total. The van der Waals surface area contributed by atoms with Crippen LogP contribution in [0.25, 0.3) is 5.69 Å². The zero-order valence-electron chi connectivity index (χ0n) is 17.1. The number of thioether (sulfide) groups is 1. The summed E-state index contributed by atoms with van der Waals surface area (Å²) >= 11 is 1.72. The Morgan fingerprint density at radius 2 is 1.69 bits per heavy atom. The lowest BCUT2D eigenvalue weighted by atomic mass is 10.1. The number of amides is 1. The van der Waals surface area contributed by atoms with Gasteiger partial charge < -0.3 is 5.32 Å². The molecule has 0 aliphatic rings. The van der Waals surface area contributed by atoms with Gasteiger partial charge in [0.05, 0.1) is 11.4 Å². The van der Waals surface area contributed by atoms with Crippen molar-refractivity contribution in [1.29, 1.82) is 0 Å². The molecule has 29 heavy (non-hydrogen) atoms. The van der Waals surface area contributed by atoms with Crippen molar-refractivity contribution < 1.29 is 4.79 Å². The zero-order chi connectivity index (χ0) is 20.8. The average Bonchev–Trinajstić information content (AvgIpc) is 2.95. The third-order valence-corrected chi connectivity index (χ3v) is 6.02. The van der Waals surface area contributed by atoms with E-state index in [1.54, 1.807) is 21.1 Å². The number of para-hydroxylation sites is 1. The number of aromatic nitrogens is 2. The average molecular weight is 410 g/mol. The van der Waals surface area contributed by atoms with Crippen LogP contribution in [0.4, 0.5) is 5.69 Å². The first-order valence-corrected chi connectivity index (χ1v) is 11.0. The van der Waals surface area contributed by atoms with Crippen molar-refractivity contribution in [2.24, 2.45) is 7.05 Å². The summed E-state index contributed by atoms with van der Waals surface area (Å²) in [5.41, 5.74) is 4.23. The van der Waals surface area contributed by atoms with Gasteiger partial charge in [0.15, 0.2) is 0 Å². The van der Waals surface area contributed by atoms with E-state index in [0.717, 1.165) is 23.6 Å². The van der Waals surface area contributed by atoms with E-state index in [0.29, 0.717) is 17.9 Å². The Bertz CT molecular complexity index is 1020. The molecule has 0 bridgehead atoms. The Balaban J connectivity index is 1.57. The molecule has 0 fully saturated rings. The highest BCUT2D eigenvalue weighted by atomic mass is 32.2. The molecular formula is C23H27N3O2S. The monoisotopic (exact) mass is 409 g/mol. The first-order chi connectivity index (χ1) is 14.0. The van der Waals surface area contributed by atoms with Gasteiger partial charge in [-0.15, -0.1) is 0 Å². The first kappa shape index (κ1) is 21.0. The Labute approximate surface area is 175 Å². The van der Waals surface area contributed by atoms with E-state index in [1.807, 2.05) is 44.3 Å². The summed E-state index contributed by atoms with van der Waals surface area (Å²) in [5, 5.41) is 2.82. The lowest BCUT2D eigenvalue weighted by Gasteiger charge is -2.07. The second kappa shape index (κ2) is 9.65. The molecule has 1 amide bonds. The molecule has 1 N–H and O–H groups in total. The maximum atomic E-state index is 12.8. The molecule has 2 aromatic carbocycles. The van der Waals surface area contributed by atoms with Crippen molar-refractivity contribution in [3.8, 4) is 5.69 Å². The minimum atomic E-state index is -0.215. The van der Waals surface area contributed by atoms with E-state index in [1.165, 1.54) is 11.1 Å². The van der Waals surface area contributed by atoms with Gasteiger partial charge in [-0.05, 0) is 36.6 Å². The van der Waals surface area contributed by atoms with Crippen LogP contribution >= 0.6 is 11.8 Å². The van der Waals surface area contributed by atoms with Crippen molar-refractivity contribution in [1.82, 2.24) is 9.36 Å². The van der Waals surface area contributed by atoms with Crippen LogP contribution in [-0.2, 0) is 24.0 Å². The summed E-state index contributed by atoms with van der Waals surface area (Å²) in [4.78, 5) is 25.2. The third-order valence-electron chi connectivity index (χ3n) is 4.99. The second-order valence-corrected chi connectivity index (χ2v) is 8.06. The van der Waals surface area contributed by atoms with Crippen LogP contribution < -0.4 is 10.9 Å². The van der Waals surface area contributed by atoms with Gasteiger partial charge >= 0.3 is 0 Å². The van der Waals surface area contributed by atoms with Crippen LogP contribution in [0.3, 0.4) is 0 Å². The number of benzene rings is 2. The number of carbonyl (C=O) groups excluding carboxylic acids is 1. The lowest BCUT2D eigenvalue weighted by Crippen LogP contribution is -2.23. The second-order valence-electron chi connectivity index (χ2n) is 6.96. The third kappa shape index (κ3) is 5.01. The van der Waals surface area contributed by atoms with E-state index in [2.05, 4.69) is 36.5 Å². The highest BCUT2D eigenvalue weighted by Crippen LogP contribution is 2.16. The van der Waals surface area contributed by atoms with Crippen molar-refractivity contribution >= 4 is 23.4 Å². The Morgan fingerprint density at radius 3 is 2.34 bits per heavy atom. The van der Waals surface area contributed by atoms with Gasteiger partial charge in [-0.3, -0.25) is 14.3 Å².